The molecule has 0 amide bonds. The molecule has 2 aromatic carbocycles. The lowest BCUT2D eigenvalue weighted by Crippen LogP contribution is -2.54. The summed E-state index contributed by atoms with van der Waals surface area (Å²) in [6, 6.07) is 4.70. The van der Waals surface area contributed by atoms with Crippen molar-refractivity contribution in [2.75, 3.05) is 24.5 Å². The zero-order valence-electron chi connectivity index (χ0n) is 15.0. The summed E-state index contributed by atoms with van der Waals surface area (Å²) in [6.07, 6.45) is -4.76. The van der Waals surface area contributed by atoms with E-state index in [4.69, 9.17) is 11.6 Å². The van der Waals surface area contributed by atoms with Crippen molar-refractivity contribution >= 4 is 27.3 Å². The van der Waals surface area contributed by atoms with E-state index in [-0.39, 0.29) is 35.2 Å². The van der Waals surface area contributed by atoms with Gasteiger partial charge in [-0.05, 0) is 43.3 Å². The molecule has 0 N–H and O–H groups in total. The molecule has 158 valence electrons. The van der Waals surface area contributed by atoms with Gasteiger partial charge in [0.1, 0.15) is 11.6 Å². The molecule has 0 radical (unpaired) electrons. The van der Waals surface area contributed by atoms with Crippen LogP contribution in [0.2, 0.25) is 5.02 Å². The maximum Gasteiger partial charge on any atom is 0.418 e. The van der Waals surface area contributed by atoms with E-state index in [9.17, 15) is 30.4 Å². The Hall–Kier alpha value is -1.91. The van der Waals surface area contributed by atoms with Gasteiger partial charge in [-0.3, -0.25) is 0 Å². The van der Waals surface area contributed by atoms with Gasteiger partial charge in [0.15, 0.2) is 0 Å². The number of rotatable bonds is 3. The Labute approximate surface area is 169 Å². The summed E-state index contributed by atoms with van der Waals surface area (Å²) in [5, 5.41) is -0.349. The van der Waals surface area contributed by atoms with E-state index in [1.54, 1.807) is 6.92 Å². The van der Waals surface area contributed by atoms with Gasteiger partial charge in [-0.2, -0.15) is 17.5 Å². The average Bonchev–Trinajstić information content (AvgIpc) is 2.62. The molecule has 1 heterocycles. The van der Waals surface area contributed by atoms with Crippen LogP contribution in [0.25, 0.3) is 0 Å². The molecular weight excluding hydrogens is 439 g/mol. The van der Waals surface area contributed by atoms with Crippen molar-refractivity contribution in [2.24, 2.45) is 0 Å². The smallest absolute Gasteiger partial charge is 0.368 e. The van der Waals surface area contributed by atoms with E-state index in [1.807, 2.05) is 0 Å². The van der Waals surface area contributed by atoms with E-state index >= 15 is 0 Å². The molecule has 1 aliphatic heterocycles. The highest BCUT2D eigenvalue weighted by Crippen LogP contribution is 2.38. The zero-order valence-corrected chi connectivity index (χ0v) is 16.6. The Morgan fingerprint density at radius 1 is 1.07 bits per heavy atom. The van der Waals surface area contributed by atoms with Crippen molar-refractivity contribution in [2.45, 2.75) is 24.0 Å². The Balaban J connectivity index is 1.87. The fourth-order valence-electron chi connectivity index (χ4n) is 3.30. The molecule has 0 bridgehead atoms. The van der Waals surface area contributed by atoms with E-state index in [0.29, 0.717) is 6.07 Å². The standard InChI is InChI=1S/C18H16ClF5N2O2S/c1-11-10-25(17-5-2-12(20)8-14(17)18(22,23)24)6-7-26(11)29(27,28)13-3-4-16(21)15(19)9-13/h2-5,8-9,11H,6-7,10H2,1H3. The van der Waals surface area contributed by atoms with Gasteiger partial charge in [0.05, 0.1) is 15.5 Å². The molecule has 2 aromatic rings. The average molecular weight is 455 g/mol. The van der Waals surface area contributed by atoms with Crippen molar-refractivity contribution in [3.8, 4) is 0 Å². The topological polar surface area (TPSA) is 40.6 Å². The lowest BCUT2D eigenvalue weighted by molar-refractivity contribution is -0.137. The highest BCUT2D eigenvalue weighted by molar-refractivity contribution is 7.89. The van der Waals surface area contributed by atoms with Crippen molar-refractivity contribution in [1.82, 2.24) is 4.31 Å². The summed E-state index contributed by atoms with van der Waals surface area (Å²) in [7, 11) is -4.03. The van der Waals surface area contributed by atoms with Gasteiger partial charge in [0.25, 0.3) is 0 Å². The van der Waals surface area contributed by atoms with Crippen LogP contribution in [0.15, 0.2) is 41.3 Å². The molecule has 1 atom stereocenters. The first-order chi connectivity index (χ1) is 13.4. The fraction of sp³-hybridized carbons (Fsp3) is 0.333. The fourth-order valence-corrected chi connectivity index (χ4v) is 5.19. The molecule has 1 saturated heterocycles. The normalized spacial score (nSPS) is 18.9. The van der Waals surface area contributed by atoms with E-state index in [2.05, 4.69) is 0 Å². The summed E-state index contributed by atoms with van der Waals surface area (Å²) in [5.74, 6) is -1.77. The molecule has 29 heavy (non-hydrogen) atoms. The Morgan fingerprint density at radius 2 is 1.76 bits per heavy atom. The number of halogens is 6. The first-order valence-corrected chi connectivity index (χ1v) is 10.3. The minimum Gasteiger partial charge on any atom is -0.368 e. The lowest BCUT2D eigenvalue weighted by Gasteiger charge is -2.40. The van der Waals surface area contributed by atoms with Crippen LogP contribution in [-0.4, -0.2) is 38.4 Å². The predicted molar refractivity (Wildman–Crippen MR) is 98.4 cm³/mol. The number of alkyl halides is 3. The third-order valence-electron chi connectivity index (χ3n) is 4.67. The molecule has 4 nitrogen and oxygen atoms in total. The van der Waals surface area contributed by atoms with Crippen LogP contribution in [0.1, 0.15) is 12.5 Å². The van der Waals surface area contributed by atoms with E-state index < -0.39 is 39.4 Å². The molecule has 11 heteroatoms. The minimum atomic E-state index is -4.76. The van der Waals surface area contributed by atoms with Crippen molar-refractivity contribution in [1.29, 1.82) is 0 Å². The summed E-state index contributed by atoms with van der Waals surface area (Å²) in [6.45, 7) is 1.37. The maximum absolute atomic E-state index is 13.3. The number of benzene rings is 2. The van der Waals surface area contributed by atoms with Gasteiger partial charge in [-0.15, -0.1) is 0 Å². The number of hydrogen-bond donors (Lipinski definition) is 0. The quantitative estimate of drug-likeness (QED) is 0.639. The monoisotopic (exact) mass is 454 g/mol. The third kappa shape index (κ3) is 4.34. The summed E-state index contributed by atoms with van der Waals surface area (Å²) < 4.78 is 93.4. The highest BCUT2D eigenvalue weighted by atomic mass is 35.5. The van der Waals surface area contributed by atoms with Gasteiger partial charge in [-0.25, -0.2) is 17.2 Å². The maximum atomic E-state index is 13.3. The molecular formula is C18H16ClF5N2O2S. The molecule has 0 aliphatic carbocycles. The first kappa shape index (κ1) is 21.8. The van der Waals surface area contributed by atoms with Crippen LogP contribution >= 0.6 is 11.6 Å². The number of hydrogen-bond acceptors (Lipinski definition) is 3. The van der Waals surface area contributed by atoms with E-state index in [1.165, 1.54) is 4.90 Å². The second-order valence-corrected chi connectivity index (χ2v) is 8.94. The molecule has 1 aliphatic rings. The van der Waals surface area contributed by atoms with Crippen LogP contribution in [0.3, 0.4) is 0 Å². The molecule has 0 spiro atoms. The van der Waals surface area contributed by atoms with Crippen LogP contribution in [-0.2, 0) is 16.2 Å². The molecule has 0 saturated carbocycles. The highest BCUT2D eigenvalue weighted by Gasteiger charge is 2.39. The molecule has 1 fully saturated rings. The summed E-state index contributed by atoms with van der Waals surface area (Å²) >= 11 is 5.67. The van der Waals surface area contributed by atoms with Crippen molar-refractivity contribution in [3.05, 3.63) is 58.6 Å². The SMILES string of the molecule is CC1CN(c2ccc(F)cc2C(F)(F)F)CCN1S(=O)(=O)c1ccc(F)c(Cl)c1. The molecule has 1 unspecified atom stereocenters. The van der Waals surface area contributed by atoms with Gasteiger partial charge in [0.2, 0.25) is 10.0 Å². The van der Waals surface area contributed by atoms with Gasteiger partial charge < -0.3 is 4.90 Å². The zero-order chi connectivity index (χ0) is 21.6. The number of sulfonamides is 1. The number of piperazine rings is 1. The summed E-state index contributed by atoms with van der Waals surface area (Å²) in [4.78, 5) is 1.17. The second kappa shape index (κ2) is 7.73. The van der Waals surface area contributed by atoms with Gasteiger partial charge >= 0.3 is 6.18 Å². The largest absolute Gasteiger partial charge is 0.418 e. The van der Waals surface area contributed by atoms with Gasteiger partial charge in [-0.1, -0.05) is 11.6 Å². The number of nitrogens with zero attached hydrogens (tertiary/aromatic N) is 2. The Bertz CT molecular complexity index is 1030. The molecule has 3 rings (SSSR count). The van der Waals surface area contributed by atoms with Crippen LogP contribution in [0.5, 0.6) is 0 Å². The first-order valence-electron chi connectivity index (χ1n) is 8.50. The predicted octanol–water partition coefficient (Wildman–Crippen LogP) is 4.54. The second-order valence-electron chi connectivity index (χ2n) is 6.65. The summed E-state index contributed by atoms with van der Waals surface area (Å²) in [5.41, 5.74) is -1.33. The van der Waals surface area contributed by atoms with Crippen LogP contribution in [0.4, 0.5) is 27.6 Å². The van der Waals surface area contributed by atoms with Crippen molar-refractivity contribution < 1.29 is 30.4 Å². The van der Waals surface area contributed by atoms with Crippen LogP contribution in [0, 0.1) is 11.6 Å². The Kier molecular flexibility index (Phi) is 5.81. The van der Waals surface area contributed by atoms with Crippen molar-refractivity contribution in [3.63, 3.8) is 0 Å². The third-order valence-corrected chi connectivity index (χ3v) is 6.97. The lowest BCUT2D eigenvalue weighted by atomic mass is 10.1. The van der Waals surface area contributed by atoms with Gasteiger partial charge in [0, 0.05) is 31.4 Å². The van der Waals surface area contributed by atoms with E-state index in [0.717, 1.165) is 34.6 Å². The Morgan fingerprint density at radius 3 is 2.34 bits per heavy atom. The molecule has 0 aromatic heterocycles. The van der Waals surface area contributed by atoms with Crippen LogP contribution < -0.4 is 4.90 Å². The minimum absolute atomic E-state index is 0.0345. The number of anilines is 1.